The SMILES string of the molecule is Cc1cccc(CNC(CCl)C(C)C)c1. The predicted molar refractivity (Wildman–Crippen MR) is 67.4 cm³/mol. The van der Waals surface area contributed by atoms with Crippen molar-refractivity contribution in [3.8, 4) is 0 Å². The third-order valence-electron chi connectivity index (χ3n) is 2.62. The van der Waals surface area contributed by atoms with Gasteiger partial charge in [-0.15, -0.1) is 11.6 Å². The number of nitrogens with one attached hydrogen (secondary N) is 1. The van der Waals surface area contributed by atoms with Crippen LogP contribution in [0.25, 0.3) is 0 Å². The van der Waals surface area contributed by atoms with Crippen LogP contribution in [0.5, 0.6) is 0 Å². The van der Waals surface area contributed by atoms with Crippen LogP contribution in [-0.2, 0) is 6.54 Å². The molecular weight excluding hydrogens is 206 g/mol. The van der Waals surface area contributed by atoms with Crippen molar-refractivity contribution >= 4 is 11.6 Å². The van der Waals surface area contributed by atoms with Gasteiger partial charge in [-0.2, -0.15) is 0 Å². The molecule has 1 N–H and O–H groups in total. The summed E-state index contributed by atoms with van der Waals surface area (Å²) >= 11 is 5.90. The van der Waals surface area contributed by atoms with Gasteiger partial charge in [-0.3, -0.25) is 0 Å². The molecule has 1 atom stereocenters. The number of hydrogen-bond acceptors (Lipinski definition) is 1. The largest absolute Gasteiger partial charge is 0.308 e. The van der Waals surface area contributed by atoms with Gasteiger partial charge in [0, 0.05) is 18.5 Å². The highest BCUT2D eigenvalue weighted by atomic mass is 35.5. The molecule has 0 bridgehead atoms. The Morgan fingerprint density at radius 1 is 1.33 bits per heavy atom. The van der Waals surface area contributed by atoms with Crippen molar-refractivity contribution in [3.63, 3.8) is 0 Å². The minimum absolute atomic E-state index is 0.396. The monoisotopic (exact) mass is 225 g/mol. The zero-order chi connectivity index (χ0) is 11.3. The van der Waals surface area contributed by atoms with Gasteiger partial charge >= 0.3 is 0 Å². The normalized spacial score (nSPS) is 13.1. The Hall–Kier alpha value is -0.530. The van der Waals surface area contributed by atoms with E-state index in [0.29, 0.717) is 17.8 Å². The Balaban J connectivity index is 2.49. The van der Waals surface area contributed by atoms with Gasteiger partial charge in [0.15, 0.2) is 0 Å². The van der Waals surface area contributed by atoms with E-state index in [1.165, 1.54) is 11.1 Å². The van der Waals surface area contributed by atoms with Crippen LogP contribution in [-0.4, -0.2) is 11.9 Å². The summed E-state index contributed by atoms with van der Waals surface area (Å²) in [6.07, 6.45) is 0. The number of alkyl halides is 1. The zero-order valence-electron chi connectivity index (χ0n) is 9.76. The molecule has 1 unspecified atom stereocenters. The molecule has 84 valence electrons. The molecule has 1 aromatic carbocycles. The molecule has 0 saturated heterocycles. The lowest BCUT2D eigenvalue weighted by Gasteiger charge is -2.19. The van der Waals surface area contributed by atoms with Gasteiger partial charge < -0.3 is 5.32 Å². The van der Waals surface area contributed by atoms with Crippen molar-refractivity contribution in [1.29, 1.82) is 0 Å². The fraction of sp³-hybridized carbons (Fsp3) is 0.538. The van der Waals surface area contributed by atoms with E-state index < -0.39 is 0 Å². The molecule has 0 radical (unpaired) electrons. The summed E-state index contributed by atoms with van der Waals surface area (Å²) in [6, 6.07) is 8.96. The van der Waals surface area contributed by atoms with Crippen LogP contribution in [0, 0.1) is 12.8 Å². The smallest absolute Gasteiger partial charge is 0.0380 e. The summed E-state index contributed by atoms with van der Waals surface area (Å²) in [6.45, 7) is 7.40. The second-order valence-corrected chi connectivity index (χ2v) is 4.68. The van der Waals surface area contributed by atoms with Gasteiger partial charge in [-0.25, -0.2) is 0 Å². The summed E-state index contributed by atoms with van der Waals surface area (Å²) in [5.41, 5.74) is 2.63. The van der Waals surface area contributed by atoms with Crippen LogP contribution >= 0.6 is 11.6 Å². The third kappa shape index (κ3) is 4.23. The van der Waals surface area contributed by atoms with Crippen LogP contribution in [0.3, 0.4) is 0 Å². The molecule has 2 heteroatoms. The lowest BCUT2D eigenvalue weighted by molar-refractivity contribution is 0.430. The lowest BCUT2D eigenvalue weighted by atomic mass is 10.1. The van der Waals surface area contributed by atoms with E-state index in [0.717, 1.165) is 6.54 Å². The van der Waals surface area contributed by atoms with Crippen LogP contribution in [0.2, 0.25) is 0 Å². The molecule has 0 aliphatic carbocycles. The van der Waals surface area contributed by atoms with Crippen molar-refractivity contribution in [3.05, 3.63) is 35.4 Å². The summed E-state index contributed by atoms with van der Waals surface area (Å²) in [4.78, 5) is 0. The molecular formula is C13H20ClN. The minimum Gasteiger partial charge on any atom is -0.308 e. The highest BCUT2D eigenvalue weighted by Crippen LogP contribution is 2.07. The first-order chi connectivity index (χ1) is 7.13. The first-order valence-corrected chi connectivity index (χ1v) is 6.02. The van der Waals surface area contributed by atoms with Gasteiger partial charge in [0.1, 0.15) is 0 Å². The molecule has 0 aromatic heterocycles. The molecule has 1 nitrogen and oxygen atoms in total. The fourth-order valence-electron chi connectivity index (χ4n) is 1.54. The molecule has 0 fully saturated rings. The Kier molecular flexibility index (Phi) is 5.13. The lowest BCUT2D eigenvalue weighted by Crippen LogP contribution is -2.34. The maximum absolute atomic E-state index is 5.90. The number of rotatable bonds is 5. The van der Waals surface area contributed by atoms with E-state index in [9.17, 15) is 0 Å². The fourth-order valence-corrected chi connectivity index (χ4v) is 2.00. The van der Waals surface area contributed by atoms with E-state index in [1.807, 2.05) is 0 Å². The molecule has 0 heterocycles. The summed E-state index contributed by atoms with van der Waals surface area (Å²) < 4.78 is 0. The average molecular weight is 226 g/mol. The summed E-state index contributed by atoms with van der Waals surface area (Å²) in [7, 11) is 0. The van der Waals surface area contributed by atoms with Gasteiger partial charge in [-0.1, -0.05) is 43.7 Å². The van der Waals surface area contributed by atoms with Gasteiger partial charge in [0.2, 0.25) is 0 Å². The van der Waals surface area contributed by atoms with Crippen molar-refractivity contribution in [2.45, 2.75) is 33.4 Å². The number of aryl methyl sites for hydroxylation is 1. The van der Waals surface area contributed by atoms with E-state index >= 15 is 0 Å². The molecule has 0 aliphatic heterocycles. The van der Waals surface area contributed by atoms with Crippen LogP contribution in [0.4, 0.5) is 0 Å². The van der Waals surface area contributed by atoms with Crippen LogP contribution in [0.15, 0.2) is 24.3 Å². The van der Waals surface area contributed by atoms with Crippen molar-refractivity contribution in [1.82, 2.24) is 5.32 Å². The van der Waals surface area contributed by atoms with Crippen LogP contribution in [0.1, 0.15) is 25.0 Å². The maximum atomic E-state index is 5.90. The number of hydrogen-bond donors (Lipinski definition) is 1. The highest BCUT2D eigenvalue weighted by Gasteiger charge is 2.10. The van der Waals surface area contributed by atoms with Crippen molar-refractivity contribution in [2.24, 2.45) is 5.92 Å². The molecule has 0 spiro atoms. The van der Waals surface area contributed by atoms with E-state index in [-0.39, 0.29) is 0 Å². The first kappa shape index (κ1) is 12.5. The zero-order valence-corrected chi connectivity index (χ0v) is 10.5. The van der Waals surface area contributed by atoms with E-state index in [4.69, 9.17) is 11.6 Å². The van der Waals surface area contributed by atoms with Crippen molar-refractivity contribution in [2.75, 3.05) is 5.88 Å². The topological polar surface area (TPSA) is 12.0 Å². The standard InChI is InChI=1S/C13H20ClN/c1-10(2)13(8-14)15-9-12-6-4-5-11(3)7-12/h4-7,10,13,15H,8-9H2,1-3H3. The van der Waals surface area contributed by atoms with Gasteiger partial charge in [0.25, 0.3) is 0 Å². The maximum Gasteiger partial charge on any atom is 0.0380 e. The number of benzene rings is 1. The molecule has 0 aliphatic rings. The van der Waals surface area contributed by atoms with Gasteiger partial charge in [0.05, 0.1) is 0 Å². The molecule has 1 rings (SSSR count). The molecule has 0 amide bonds. The third-order valence-corrected chi connectivity index (χ3v) is 2.95. The van der Waals surface area contributed by atoms with E-state index in [1.54, 1.807) is 0 Å². The summed E-state index contributed by atoms with van der Waals surface area (Å²) in [5.74, 6) is 1.25. The molecule has 15 heavy (non-hydrogen) atoms. The molecule has 0 saturated carbocycles. The number of halogens is 1. The van der Waals surface area contributed by atoms with Crippen LogP contribution < -0.4 is 5.32 Å². The average Bonchev–Trinajstić information content (AvgIpc) is 2.18. The second-order valence-electron chi connectivity index (χ2n) is 4.37. The Bertz CT molecular complexity index is 296. The quantitative estimate of drug-likeness (QED) is 0.758. The minimum atomic E-state index is 0.396. The Morgan fingerprint density at radius 3 is 2.60 bits per heavy atom. The molecule has 1 aromatic rings. The second kappa shape index (κ2) is 6.14. The highest BCUT2D eigenvalue weighted by molar-refractivity contribution is 6.18. The Morgan fingerprint density at radius 2 is 2.07 bits per heavy atom. The first-order valence-electron chi connectivity index (χ1n) is 5.48. The van der Waals surface area contributed by atoms with Crippen molar-refractivity contribution < 1.29 is 0 Å². The van der Waals surface area contributed by atoms with Gasteiger partial charge in [-0.05, 0) is 18.4 Å². The predicted octanol–water partition coefficient (Wildman–Crippen LogP) is 3.35. The summed E-state index contributed by atoms with van der Waals surface area (Å²) in [5, 5.41) is 3.48. The van der Waals surface area contributed by atoms with E-state index in [2.05, 4.69) is 50.4 Å². The Labute approximate surface area is 97.8 Å².